The molecule has 2 atom stereocenters. The van der Waals surface area contributed by atoms with Gasteiger partial charge in [-0.3, -0.25) is 0 Å². The lowest BCUT2D eigenvalue weighted by Crippen LogP contribution is -2.40. The first-order valence-corrected chi connectivity index (χ1v) is 5.62. The van der Waals surface area contributed by atoms with Crippen molar-refractivity contribution in [3.63, 3.8) is 0 Å². The number of nitrogens with two attached hydrogens (primary N) is 1. The van der Waals surface area contributed by atoms with Crippen molar-refractivity contribution < 1.29 is 0 Å². The predicted octanol–water partition coefficient (Wildman–Crippen LogP) is 2.27. The van der Waals surface area contributed by atoms with E-state index in [0.717, 1.165) is 11.0 Å². The molecule has 0 spiro atoms. The van der Waals surface area contributed by atoms with E-state index in [0.29, 0.717) is 6.04 Å². The van der Waals surface area contributed by atoms with Crippen LogP contribution in [0.1, 0.15) is 19.4 Å². The molecule has 0 saturated carbocycles. The van der Waals surface area contributed by atoms with Crippen LogP contribution < -0.4 is 11.1 Å². The van der Waals surface area contributed by atoms with Crippen LogP contribution in [0.15, 0.2) is 28.7 Å². The van der Waals surface area contributed by atoms with Crippen LogP contribution >= 0.6 is 15.9 Å². The number of benzene rings is 1. The Labute approximate surface area is 94.0 Å². The maximum absolute atomic E-state index is 5.76. The molecular weight excluding hydrogens is 240 g/mol. The molecule has 2 unspecified atom stereocenters. The highest BCUT2D eigenvalue weighted by molar-refractivity contribution is 9.10. The van der Waals surface area contributed by atoms with Gasteiger partial charge in [-0.1, -0.05) is 28.1 Å². The monoisotopic (exact) mass is 256 g/mol. The zero-order chi connectivity index (χ0) is 10.6. The molecule has 0 aliphatic heterocycles. The molecule has 0 aliphatic carbocycles. The average molecular weight is 257 g/mol. The van der Waals surface area contributed by atoms with E-state index in [1.165, 1.54) is 5.56 Å². The lowest BCUT2D eigenvalue weighted by molar-refractivity contribution is 0.478. The Balaban J connectivity index is 2.45. The summed E-state index contributed by atoms with van der Waals surface area (Å²) in [7, 11) is 0. The Morgan fingerprint density at radius 1 is 1.43 bits per heavy atom. The number of halogens is 1. The molecule has 1 rings (SSSR count). The first kappa shape index (κ1) is 11.7. The Kier molecular flexibility index (Phi) is 4.58. The fourth-order valence-electron chi connectivity index (χ4n) is 1.11. The van der Waals surface area contributed by atoms with Crippen LogP contribution in [0.3, 0.4) is 0 Å². The molecule has 0 amide bonds. The number of nitrogens with one attached hydrogen (secondary N) is 1. The standard InChI is InChI=1S/C11H17BrN2/c1-8(13)9(2)14-7-10-4-3-5-11(12)6-10/h3-6,8-9,14H,7,13H2,1-2H3. The van der Waals surface area contributed by atoms with Crippen molar-refractivity contribution >= 4 is 15.9 Å². The zero-order valence-electron chi connectivity index (χ0n) is 8.63. The zero-order valence-corrected chi connectivity index (χ0v) is 10.2. The molecule has 0 fully saturated rings. The Hall–Kier alpha value is -0.380. The fourth-order valence-corrected chi connectivity index (χ4v) is 1.56. The fraction of sp³-hybridized carbons (Fsp3) is 0.455. The van der Waals surface area contributed by atoms with Gasteiger partial charge in [0.05, 0.1) is 0 Å². The van der Waals surface area contributed by atoms with E-state index in [4.69, 9.17) is 5.73 Å². The first-order valence-electron chi connectivity index (χ1n) is 4.83. The number of hydrogen-bond donors (Lipinski definition) is 2. The second-order valence-corrected chi connectivity index (χ2v) is 4.57. The van der Waals surface area contributed by atoms with Gasteiger partial charge in [0.25, 0.3) is 0 Å². The first-order chi connectivity index (χ1) is 6.59. The van der Waals surface area contributed by atoms with Crippen molar-refractivity contribution in [1.29, 1.82) is 0 Å². The van der Waals surface area contributed by atoms with E-state index >= 15 is 0 Å². The summed E-state index contributed by atoms with van der Waals surface area (Å²) >= 11 is 3.45. The second kappa shape index (κ2) is 5.49. The molecule has 78 valence electrons. The summed E-state index contributed by atoms with van der Waals surface area (Å²) in [5, 5.41) is 3.38. The summed E-state index contributed by atoms with van der Waals surface area (Å²) in [5.41, 5.74) is 7.03. The molecule has 0 heterocycles. The molecule has 1 aromatic carbocycles. The van der Waals surface area contributed by atoms with E-state index in [1.54, 1.807) is 0 Å². The molecule has 3 N–H and O–H groups in total. The highest BCUT2D eigenvalue weighted by Gasteiger charge is 2.05. The minimum absolute atomic E-state index is 0.183. The van der Waals surface area contributed by atoms with Crippen LogP contribution in [0.4, 0.5) is 0 Å². The van der Waals surface area contributed by atoms with Gasteiger partial charge < -0.3 is 11.1 Å². The van der Waals surface area contributed by atoms with Crippen LogP contribution in [0.25, 0.3) is 0 Å². The minimum atomic E-state index is 0.183. The molecule has 2 nitrogen and oxygen atoms in total. The third-order valence-electron chi connectivity index (χ3n) is 2.31. The molecule has 0 bridgehead atoms. The summed E-state index contributed by atoms with van der Waals surface area (Å²) in [6, 6.07) is 8.80. The van der Waals surface area contributed by atoms with Crippen molar-refractivity contribution in [3.05, 3.63) is 34.3 Å². The van der Waals surface area contributed by atoms with Gasteiger partial charge >= 0.3 is 0 Å². The van der Waals surface area contributed by atoms with Gasteiger partial charge in [0.15, 0.2) is 0 Å². The van der Waals surface area contributed by atoms with Crippen LogP contribution in [0, 0.1) is 0 Å². The molecule has 14 heavy (non-hydrogen) atoms. The van der Waals surface area contributed by atoms with Crippen LogP contribution in [0.5, 0.6) is 0 Å². The van der Waals surface area contributed by atoms with Gasteiger partial charge in [-0.15, -0.1) is 0 Å². The van der Waals surface area contributed by atoms with Gasteiger partial charge in [0.2, 0.25) is 0 Å². The highest BCUT2D eigenvalue weighted by Crippen LogP contribution is 2.11. The van der Waals surface area contributed by atoms with Crippen molar-refractivity contribution in [2.45, 2.75) is 32.5 Å². The SMILES string of the molecule is CC(N)C(C)NCc1cccc(Br)c1. The number of rotatable bonds is 4. The normalized spacial score (nSPS) is 15.1. The summed E-state index contributed by atoms with van der Waals surface area (Å²) in [5.74, 6) is 0. The van der Waals surface area contributed by atoms with E-state index in [2.05, 4.69) is 40.3 Å². The van der Waals surface area contributed by atoms with Gasteiger partial charge in [-0.25, -0.2) is 0 Å². The minimum Gasteiger partial charge on any atom is -0.327 e. The summed E-state index contributed by atoms with van der Waals surface area (Å²) < 4.78 is 1.12. The largest absolute Gasteiger partial charge is 0.327 e. The third-order valence-corrected chi connectivity index (χ3v) is 2.80. The van der Waals surface area contributed by atoms with Crippen molar-refractivity contribution in [3.8, 4) is 0 Å². The molecule has 0 aromatic heterocycles. The van der Waals surface area contributed by atoms with Gasteiger partial charge in [0, 0.05) is 23.1 Å². The van der Waals surface area contributed by atoms with Crippen LogP contribution in [0.2, 0.25) is 0 Å². The lowest BCUT2D eigenvalue weighted by Gasteiger charge is -2.17. The Bertz CT molecular complexity index is 286. The van der Waals surface area contributed by atoms with Gasteiger partial charge in [-0.05, 0) is 31.5 Å². The maximum atomic E-state index is 5.76. The molecule has 0 aliphatic rings. The topological polar surface area (TPSA) is 38.0 Å². The Morgan fingerprint density at radius 3 is 2.71 bits per heavy atom. The summed E-state index contributed by atoms with van der Waals surface area (Å²) in [6.45, 7) is 4.98. The van der Waals surface area contributed by atoms with Crippen molar-refractivity contribution in [2.75, 3.05) is 0 Å². The quantitative estimate of drug-likeness (QED) is 0.868. The van der Waals surface area contributed by atoms with E-state index < -0.39 is 0 Å². The molecular formula is C11H17BrN2. The van der Waals surface area contributed by atoms with Crippen LogP contribution in [-0.4, -0.2) is 12.1 Å². The summed E-state index contributed by atoms with van der Waals surface area (Å²) in [4.78, 5) is 0. The Morgan fingerprint density at radius 2 is 2.14 bits per heavy atom. The number of hydrogen-bond acceptors (Lipinski definition) is 2. The molecule has 3 heteroatoms. The highest BCUT2D eigenvalue weighted by atomic mass is 79.9. The van der Waals surface area contributed by atoms with Gasteiger partial charge in [0.1, 0.15) is 0 Å². The maximum Gasteiger partial charge on any atom is 0.0209 e. The average Bonchev–Trinajstić information content (AvgIpc) is 2.14. The van der Waals surface area contributed by atoms with E-state index in [9.17, 15) is 0 Å². The van der Waals surface area contributed by atoms with Crippen molar-refractivity contribution in [2.24, 2.45) is 5.73 Å². The summed E-state index contributed by atoms with van der Waals surface area (Å²) in [6.07, 6.45) is 0. The van der Waals surface area contributed by atoms with E-state index in [1.807, 2.05) is 19.1 Å². The van der Waals surface area contributed by atoms with Crippen molar-refractivity contribution in [1.82, 2.24) is 5.32 Å². The second-order valence-electron chi connectivity index (χ2n) is 3.66. The predicted molar refractivity (Wildman–Crippen MR) is 64.1 cm³/mol. The molecule has 1 aromatic rings. The van der Waals surface area contributed by atoms with E-state index in [-0.39, 0.29) is 6.04 Å². The third kappa shape index (κ3) is 3.78. The molecule has 0 radical (unpaired) electrons. The lowest BCUT2D eigenvalue weighted by atomic mass is 10.1. The van der Waals surface area contributed by atoms with Gasteiger partial charge in [-0.2, -0.15) is 0 Å². The molecule has 0 saturated heterocycles. The smallest absolute Gasteiger partial charge is 0.0209 e. The van der Waals surface area contributed by atoms with Crippen LogP contribution in [-0.2, 0) is 6.54 Å².